The third-order valence-electron chi connectivity index (χ3n) is 4.06. The lowest BCUT2D eigenvalue weighted by atomic mass is 9.74. The summed E-state index contributed by atoms with van der Waals surface area (Å²) in [6.45, 7) is 9.19. The molecule has 0 aliphatic rings. The molecule has 0 saturated carbocycles. The van der Waals surface area contributed by atoms with Crippen LogP contribution < -0.4 is 0 Å². The Morgan fingerprint density at radius 2 is 1.72 bits per heavy atom. The fourth-order valence-corrected chi connectivity index (χ4v) is 3.64. The Labute approximate surface area is 117 Å². The minimum atomic E-state index is 0.362. The quantitative estimate of drug-likeness (QED) is 0.510. The summed E-state index contributed by atoms with van der Waals surface area (Å²) in [6.07, 6.45) is 10.7. The van der Waals surface area contributed by atoms with Crippen LogP contribution in [0, 0.1) is 6.92 Å². The Kier molecular flexibility index (Phi) is 6.91. The van der Waals surface area contributed by atoms with Gasteiger partial charge in [0.1, 0.15) is 0 Å². The summed E-state index contributed by atoms with van der Waals surface area (Å²) in [6, 6.07) is 0. The van der Waals surface area contributed by atoms with E-state index in [9.17, 15) is 0 Å². The fraction of sp³-hybridized carbons (Fsp3) is 0.812. The summed E-state index contributed by atoms with van der Waals surface area (Å²) >= 11 is 1.62. The van der Waals surface area contributed by atoms with Gasteiger partial charge in [0.05, 0.1) is 5.69 Å². The lowest BCUT2D eigenvalue weighted by Crippen LogP contribution is -2.22. The second-order valence-corrected chi connectivity index (χ2v) is 6.42. The molecule has 1 atom stereocenters. The maximum Gasteiger partial charge on any atom is 0.0548 e. The maximum absolute atomic E-state index is 4.48. The first-order valence-corrected chi connectivity index (χ1v) is 8.39. The van der Waals surface area contributed by atoms with Gasteiger partial charge in [-0.25, -0.2) is 0 Å². The highest BCUT2D eigenvalue weighted by atomic mass is 32.1. The van der Waals surface area contributed by atoms with Crippen LogP contribution >= 0.6 is 11.5 Å². The van der Waals surface area contributed by atoms with Crippen molar-refractivity contribution in [2.24, 2.45) is 0 Å². The molecule has 2 heteroatoms. The number of aryl methyl sites for hydroxylation is 1. The van der Waals surface area contributed by atoms with Crippen LogP contribution in [0.5, 0.6) is 0 Å². The minimum absolute atomic E-state index is 0.362. The van der Waals surface area contributed by atoms with Crippen LogP contribution in [-0.4, -0.2) is 4.37 Å². The summed E-state index contributed by atoms with van der Waals surface area (Å²) < 4.78 is 4.48. The van der Waals surface area contributed by atoms with E-state index < -0.39 is 0 Å². The molecule has 0 aliphatic carbocycles. The average Bonchev–Trinajstić information content (AvgIpc) is 2.79. The molecular formula is C16H29NS. The highest BCUT2D eigenvalue weighted by Gasteiger charge is 2.28. The van der Waals surface area contributed by atoms with Crippen molar-refractivity contribution >= 4 is 11.5 Å². The second-order valence-electron chi connectivity index (χ2n) is 5.79. The molecule has 1 heterocycles. The highest BCUT2D eigenvalue weighted by molar-refractivity contribution is 7.03. The normalized spacial score (nSPS) is 14.7. The Morgan fingerprint density at radius 1 is 1.06 bits per heavy atom. The number of rotatable bonds is 9. The van der Waals surface area contributed by atoms with Crippen LogP contribution in [0.2, 0.25) is 0 Å². The van der Waals surface area contributed by atoms with E-state index in [1.807, 2.05) is 0 Å². The Balaban J connectivity index is 2.66. The summed E-state index contributed by atoms with van der Waals surface area (Å²) in [5.41, 5.74) is 3.13. The van der Waals surface area contributed by atoms with Gasteiger partial charge in [-0.2, -0.15) is 4.37 Å². The Morgan fingerprint density at radius 3 is 2.28 bits per heavy atom. The van der Waals surface area contributed by atoms with Crippen LogP contribution in [0.4, 0.5) is 0 Å². The van der Waals surface area contributed by atoms with Gasteiger partial charge in [-0.15, -0.1) is 0 Å². The molecule has 0 N–H and O–H groups in total. The maximum atomic E-state index is 4.48. The molecule has 0 spiro atoms. The first-order valence-electron chi connectivity index (χ1n) is 7.55. The SMILES string of the molecule is CCCCCCC(C)(CCCC)c1csnc1C. The van der Waals surface area contributed by atoms with E-state index in [1.54, 1.807) is 11.5 Å². The summed E-state index contributed by atoms with van der Waals surface area (Å²) in [5.74, 6) is 0. The van der Waals surface area contributed by atoms with E-state index in [2.05, 4.69) is 37.4 Å². The summed E-state index contributed by atoms with van der Waals surface area (Å²) in [7, 11) is 0. The van der Waals surface area contributed by atoms with E-state index in [1.165, 1.54) is 62.6 Å². The van der Waals surface area contributed by atoms with Gasteiger partial charge in [0.2, 0.25) is 0 Å². The molecule has 1 unspecified atom stereocenters. The van der Waals surface area contributed by atoms with Gasteiger partial charge in [-0.05, 0) is 42.3 Å². The number of hydrogen-bond acceptors (Lipinski definition) is 2. The number of unbranched alkanes of at least 4 members (excludes halogenated alkanes) is 4. The van der Waals surface area contributed by atoms with Gasteiger partial charge in [-0.3, -0.25) is 0 Å². The molecule has 0 saturated heterocycles. The number of hydrogen-bond donors (Lipinski definition) is 0. The monoisotopic (exact) mass is 267 g/mol. The molecule has 0 fully saturated rings. The van der Waals surface area contributed by atoms with Gasteiger partial charge in [0.25, 0.3) is 0 Å². The molecule has 0 aliphatic heterocycles. The van der Waals surface area contributed by atoms with Crippen molar-refractivity contribution < 1.29 is 0 Å². The standard InChI is InChI=1S/C16H29NS/c1-5-7-9-10-12-16(4,11-8-6-2)15-13-18-17-14(15)3/h13H,5-12H2,1-4H3. The predicted molar refractivity (Wildman–Crippen MR) is 82.5 cm³/mol. The summed E-state index contributed by atoms with van der Waals surface area (Å²) in [4.78, 5) is 0. The third-order valence-corrected chi connectivity index (χ3v) is 4.78. The topological polar surface area (TPSA) is 12.9 Å². The van der Waals surface area contributed by atoms with Crippen molar-refractivity contribution in [3.8, 4) is 0 Å². The van der Waals surface area contributed by atoms with Gasteiger partial charge in [0, 0.05) is 5.38 Å². The fourth-order valence-electron chi connectivity index (χ4n) is 2.77. The zero-order valence-corrected chi connectivity index (χ0v) is 13.4. The van der Waals surface area contributed by atoms with Crippen LogP contribution in [0.1, 0.15) is 83.4 Å². The van der Waals surface area contributed by atoms with Crippen LogP contribution in [0.3, 0.4) is 0 Å². The Hall–Kier alpha value is -0.370. The van der Waals surface area contributed by atoms with E-state index >= 15 is 0 Å². The van der Waals surface area contributed by atoms with Crippen LogP contribution in [-0.2, 0) is 5.41 Å². The van der Waals surface area contributed by atoms with Crippen molar-refractivity contribution in [2.75, 3.05) is 0 Å². The first-order chi connectivity index (χ1) is 8.64. The molecule has 1 aromatic heterocycles. The molecular weight excluding hydrogens is 238 g/mol. The smallest absolute Gasteiger partial charge is 0.0548 e. The molecule has 0 aromatic carbocycles. The van der Waals surface area contributed by atoms with E-state index in [-0.39, 0.29) is 0 Å². The lowest BCUT2D eigenvalue weighted by molar-refractivity contribution is 0.368. The molecule has 1 aromatic rings. The molecule has 1 nitrogen and oxygen atoms in total. The zero-order valence-electron chi connectivity index (χ0n) is 12.6. The average molecular weight is 267 g/mol. The number of nitrogens with zero attached hydrogens (tertiary/aromatic N) is 1. The summed E-state index contributed by atoms with van der Waals surface area (Å²) in [5, 5.41) is 2.28. The molecule has 0 bridgehead atoms. The van der Waals surface area contributed by atoms with Crippen molar-refractivity contribution in [3.05, 3.63) is 16.6 Å². The highest BCUT2D eigenvalue weighted by Crippen LogP contribution is 2.37. The van der Waals surface area contributed by atoms with E-state index in [0.717, 1.165) is 0 Å². The Bertz CT molecular complexity index is 332. The van der Waals surface area contributed by atoms with Crippen molar-refractivity contribution in [3.63, 3.8) is 0 Å². The largest absolute Gasteiger partial charge is 0.198 e. The molecule has 0 amide bonds. The van der Waals surface area contributed by atoms with Gasteiger partial charge in [-0.1, -0.05) is 59.3 Å². The lowest BCUT2D eigenvalue weighted by Gasteiger charge is -2.30. The molecule has 104 valence electrons. The molecule has 18 heavy (non-hydrogen) atoms. The van der Waals surface area contributed by atoms with Gasteiger partial charge in [0.15, 0.2) is 0 Å². The third kappa shape index (κ3) is 4.38. The van der Waals surface area contributed by atoms with Crippen molar-refractivity contribution in [1.29, 1.82) is 0 Å². The predicted octanol–water partition coefficient (Wildman–Crippen LogP) is 5.87. The molecule has 0 radical (unpaired) electrons. The zero-order chi connectivity index (χ0) is 13.4. The van der Waals surface area contributed by atoms with Gasteiger partial charge >= 0.3 is 0 Å². The van der Waals surface area contributed by atoms with Crippen LogP contribution in [0.25, 0.3) is 0 Å². The van der Waals surface area contributed by atoms with Crippen molar-refractivity contribution in [1.82, 2.24) is 4.37 Å². The molecule has 1 rings (SSSR count). The first kappa shape index (κ1) is 15.7. The van der Waals surface area contributed by atoms with E-state index in [4.69, 9.17) is 0 Å². The second kappa shape index (κ2) is 7.93. The van der Waals surface area contributed by atoms with Crippen molar-refractivity contribution in [2.45, 2.75) is 84.5 Å². The van der Waals surface area contributed by atoms with Gasteiger partial charge < -0.3 is 0 Å². The number of aromatic nitrogens is 1. The van der Waals surface area contributed by atoms with Crippen LogP contribution in [0.15, 0.2) is 5.38 Å². The van der Waals surface area contributed by atoms with E-state index in [0.29, 0.717) is 5.41 Å². The minimum Gasteiger partial charge on any atom is -0.198 e.